The second-order valence-electron chi connectivity index (χ2n) is 7.50. The number of nitrogens with zero attached hydrogens (tertiary/aromatic N) is 2. The van der Waals surface area contributed by atoms with E-state index in [9.17, 15) is 18.3 Å². The number of carbonyl (C=O) groups excluding carboxylic acids is 1. The third-order valence-electron chi connectivity index (χ3n) is 5.60. The number of hydrogen-bond donors (Lipinski definition) is 1. The second kappa shape index (κ2) is 7.22. The van der Waals surface area contributed by atoms with Crippen LogP contribution in [-0.2, 0) is 22.9 Å². The first kappa shape index (κ1) is 19.0. The van der Waals surface area contributed by atoms with Gasteiger partial charge in [-0.05, 0) is 67.1 Å². The molecule has 0 aromatic heterocycles. The summed E-state index contributed by atoms with van der Waals surface area (Å²) in [7, 11) is -3.79. The van der Waals surface area contributed by atoms with Gasteiger partial charge in [0.05, 0.1) is 0 Å². The number of phenols is 1. The van der Waals surface area contributed by atoms with Crippen molar-refractivity contribution in [1.29, 1.82) is 0 Å². The van der Waals surface area contributed by atoms with E-state index >= 15 is 0 Å². The number of benzene rings is 2. The summed E-state index contributed by atoms with van der Waals surface area (Å²) in [4.78, 5) is 14.5. The third-order valence-corrected chi connectivity index (χ3v) is 7.53. The van der Waals surface area contributed by atoms with Gasteiger partial charge in [0.2, 0.25) is 10.0 Å². The standard InChI is InChI=1S/C21H24N2O4S/c1-15-5-8-19(24)20(13-15)28(26,27)23-11-9-22(10-12-23)21(25)18-7-6-16-3-2-4-17(16)14-18/h5-8,13-14,24H,2-4,9-12H2,1H3. The molecule has 7 heteroatoms. The first-order valence-electron chi connectivity index (χ1n) is 9.57. The zero-order valence-corrected chi connectivity index (χ0v) is 16.7. The summed E-state index contributed by atoms with van der Waals surface area (Å²) < 4.78 is 27.1. The smallest absolute Gasteiger partial charge is 0.253 e. The molecule has 0 saturated carbocycles. The summed E-state index contributed by atoms with van der Waals surface area (Å²) in [6, 6.07) is 10.4. The number of sulfonamides is 1. The number of amides is 1. The summed E-state index contributed by atoms with van der Waals surface area (Å²) in [6.07, 6.45) is 3.23. The second-order valence-corrected chi connectivity index (χ2v) is 9.41. The van der Waals surface area contributed by atoms with Crippen molar-refractivity contribution in [3.05, 3.63) is 58.7 Å². The average Bonchev–Trinajstić information content (AvgIpc) is 3.17. The van der Waals surface area contributed by atoms with Crippen molar-refractivity contribution in [3.8, 4) is 5.75 Å². The van der Waals surface area contributed by atoms with Crippen LogP contribution in [0.1, 0.15) is 33.5 Å². The van der Waals surface area contributed by atoms with Crippen LogP contribution >= 0.6 is 0 Å². The van der Waals surface area contributed by atoms with E-state index in [0.717, 1.165) is 24.8 Å². The average molecular weight is 401 g/mol. The fraction of sp³-hybridized carbons (Fsp3) is 0.381. The van der Waals surface area contributed by atoms with Gasteiger partial charge in [-0.15, -0.1) is 0 Å². The van der Waals surface area contributed by atoms with E-state index in [0.29, 0.717) is 18.7 Å². The molecule has 2 aliphatic rings. The number of carbonyl (C=O) groups is 1. The molecular formula is C21H24N2O4S. The maximum absolute atomic E-state index is 12.9. The van der Waals surface area contributed by atoms with E-state index in [2.05, 4.69) is 0 Å². The molecular weight excluding hydrogens is 376 g/mol. The molecule has 1 N–H and O–H groups in total. The Kier molecular flexibility index (Phi) is 4.89. The van der Waals surface area contributed by atoms with Gasteiger partial charge >= 0.3 is 0 Å². The van der Waals surface area contributed by atoms with Crippen LogP contribution in [0.3, 0.4) is 0 Å². The van der Waals surface area contributed by atoms with Crippen LogP contribution in [-0.4, -0.2) is 54.8 Å². The number of aryl methyl sites for hydroxylation is 3. The Hall–Kier alpha value is -2.38. The van der Waals surface area contributed by atoms with Crippen LogP contribution in [0.2, 0.25) is 0 Å². The summed E-state index contributed by atoms with van der Waals surface area (Å²) in [5.41, 5.74) is 4.02. The Morgan fingerprint density at radius 2 is 1.68 bits per heavy atom. The molecule has 0 unspecified atom stereocenters. The van der Waals surface area contributed by atoms with E-state index in [1.54, 1.807) is 17.9 Å². The molecule has 4 rings (SSSR count). The number of piperazine rings is 1. The van der Waals surface area contributed by atoms with E-state index in [4.69, 9.17) is 0 Å². The topological polar surface area (TPSA) is 77.9 Å². The van der Waals surface area contributed by atoms with Crippen molar-refractivity contribution < 1.29 is 18.3 Å². The first-order chi connectivity index (χ1) is 13.4. The lowest BCUT2D eigenvalue weighted by Gasteiger charge is -2.34. The number of rotatable bonds is 3. The molecule has 1 aliphatic carbocycles. The molecule has 2 aromatic rings. The Balaban J connectivity index is 1.47. The Morgan fingerprint density at radius 1 is 0.964 bits per heavy atom. The van der Waals surface area contributed by atoms with Gasteiger partial charge in [-0.25, -0.2) is 8.42 Å². The van der Waals surface area contributed by atoms with Crippen LogP contribution in [0.25, 0.3) is 0 Å². The summed E-state index contributed by atoms with van der Waals surface area (Å²) >= 11 is 0. The molecule has 2 aromatic carbocycles. The molecule has 0 radical (unpaired) electrons. The minimum absolute atomic E-state index is 0.0508. The quantitative estimate of drug-likeness (QED) is 0.858. The highest BCUT2D eigenvalue weighted by Gasteiger charge is 2.32. The molecule has 6 nitrogen and oxygen atoms in total. The van der Waals surface area contributed by atoms with Gasteiger partial charge in [0.15, 0.2) is 0 Å². The van der Waals surface area contributed by atoms with Crippen molar-refractivity contribution >= 4 is 15.9 Å². The highest BCUT2D eigenvalue weighted by Crippen LogP contribution is 2.28. The maximum atomic E-state index is 12.9. The highest BCUT2D eigenvalue weighted by atomic mass is 32.2. The number of aromatic hydroxyl groups is 1. The Labute approximate surface area is 165 Å². The molecule has 1 fully saturated rings. The van der Waals surface area contributed by atoms with Gasteiger partial charge in [-0.1, -0.05) is 12.1 Å². The number of hydrogen-bond acceptors (Lipinski definition) is 4. The number of fused-ring (bicyclic) bond motifs is 1. The summed E-state index contributed by atoms with van der Waals surface area (Å²) in [5.74, 6) is -0.299. The molecule has 1 saturated heterocycles. The maximum Gasteiger partial charge on any atom is 0.253 e. The van der Waals surface area contributed by atoms with Gasteiger partial charge < -0.3 is 10.0 Å². The fourth-order valence-corrected chi connectivity index (χ4v) is 5.58. The normalized spacial score (nSPS) is 17.5. The molecule has 148 valence electrons. The molecule has 1 aliphatic heterocycles. The van der Waals surface area contributed by atoms with Gasteiger partial charge in [0.25, 0.3) is 5.91 Å². The molecule has 1 heterocycles. The van der Waals surface area contributed by atoms with E-state index in [1.165, 1.54) is 27.6 Å². The lowest BCUT2D eigenvalue weighted by Crippen LogP contribution is -2.50. The van der Waals surface area contributed by atoms with E-state index in [-0.39, 0.29) is 29.6 Å². The lowest BCUT2D eigenvalue weighted by atomic mass is 10.1. The van der Waals surface area contributed by atoms with Crippen LogP contribution < -0.4 is 0 Å². The Bertz CT molecular complexity index is 1020. The van der Waals surface area contributed by atoms with Crippen LogP contribution in [0.15, 0.2) is 41.3 Å². The number of phenolic OH excluding ortho intramolecular Hbond substituents is 1. The van der Waals surface area contributed by atoms with Crippen molar-refractivity contribution in [1.82, 2.24) is 9.21 Å². The van der Waals surface area contributed by atoms with Crippen molar-refractivity contribution in [2.24, 2.45) is 0 Å². The molecule has 1 amide bonds. The van der Waals surface area contributed by atoms with E-state index < -0.39 is 10.0 Å². The largest absolute Gasteiger partial charge is 0.507 e. The predicted octanol–water partition coefficient (Wildman–Crippen LogP) is 2.34. The van der Waals surface area contributed by atoms with Crippen molar-refractivity contribution in [2.45, 2.75) is 31.1 Å². The van der Waals surface area contributed by atoms with Crippen LogP contribution in [0.4, 0.5) is 0 Å². The van der Waals surface area contributed by atoms with Crippen LogP contribution in [0, 0.1) is 6.92 Å². The molecule has 0 atom stereocenters. The SMILES string of the molecule is Cc1ccc(O)c(S(=O)(=O)N2CCN(C(=O)c3ccc4c(c3)CCC4)CC2)c1. The van der Waals surface area contributed by atoms with Crippen molar-refractivity contribution in [2.75, 3.05) is 26.2 Å². The lowest BCUT2D eigenvalue weighted by molar-refractivity contribution is 0.0697. The van der Waals surface area contributed by atoms with Gasteiger partial charge in [-0.3, -0.25) is 4.79 Å². The first-order valence-corrected chi connectivity index (χ1v) is 11.0. The molecule has 0 spiro atoms. The minimum Gasteiger partial charge on any atom is -0.507 e. The highest BCUT2D eigenvalue weighted by molar-refractivity contribution is 7.89. The monoisotopic (exact) mass is 400 g/mol. The molecule has 28 heavy (non-hydrogen) atoms. The van der Waals surface area contributed by atoms with Crippen LogP contribution in [0.5, 0.6) is 5.75 Å². The zero-order valence-electron chi connectivity index (χ0n) is 15.9. The van der Waals surface area contributed by atoms with Crippen molar-refractivity contribution in [3.63, 3.8) is 0 Å². The summed E-state index contributed by atoms with van der Waals surface area (Å²) in [6.45, 7) is 2.88. The van der Waals surface area contributed by atoms with Gasteiger partial charge in [-0.2, -0.15) is 4.31 Å². The predicted molar refractivity (Wildman–Crippen MR) is 106 cm³/mol. The summed E-state index contributed by atoms with van der Waals surface area (Å²) in [5, 5.41) is 10.00. The minimum atomic E-state index is -3.79. The molecule has 0 bridgehead atoms. The zero-order chi connectivity index (χ0) is 19.9. The van der Waals surface area contributed by atoms with Gasteiger partial charge in [0, 0.05) is 31.7 Å². The third kappa shape index (κ3) is 3.40. The van der Waals surface area contributed by atoms with Gasteiger partial charge in [0.1, 0.15) is 10.6 Å². The Morgan fingerprint density at radius 3 is 2.43 bits per heavy atom. The van der Waals surface area contributed by atoms with E-state index in [1.807, 2.05) is 18.2 Å². The fourth-order valence-electron chi connectivity index (χ4n) is 3.99.